The average molecular weight is 436 g/mol. The SMILES string of the molecule is Cc1ccc(-n2nc(C)c(C3C=CC(NC(=O)COc4ccccc4)C3)c2C)cc1Cl. The van der Waals surface area contributed by atoms with Gasteiger partial charge in [-0.05, 0) is 57.0 Å². The van der Waals surface area contributed by atoms with Gasteiger partial charge < -0.3 is 10.1 Å². The number of allylic oxidation sites excluding steroid dienone is 1. The molecule has 5 nitrogen and oxygen atoms in total. The molecule has 160 valence electrons. The molecule has 3 aromatic rings. The Balaban J connectivity index is 1.41. The third-order valence-electron chi connectivity index (χ3n) is 5.66. The number of nitrogens with zero attached hydrogens (tertiary/aromatic N) is 2. The predicted molar refractivity (Wildman–Crippen MR) is 123 cm³/mol. The molecule has 0 saturated heterocycles. The van der Waals surface area contributed by atoms with Crippen LogP contribution in [0.15, 0.2) is 60.7 Å². The molecule has 0 aliphatic heterocycles. The highest BCUT2D eigenvalue weighted by molar-refractivity contribution is 6.31. The van der Waals surface area contributed by atoms with Crippen molar-refractivity contribution < 1.29 is 9.53 Å². The molecule has 6 heteroatoms. The fraction of sp³-hybridized carbons (Fsp3) is 0.280. The summed E-state index contributed by atoms with van der Waals surface area (Å²) in [7, 11) is 0. The number of amides is 1. The number of carbonyl (C=O) groups is 1. The second-order valence-corrected chi connectivity index (χ2v) is 8.34. The quantitative estimate of drug-likeness (QED) is 0.550. The molecule has 4 rings (SSSR count). The van der Waals surface area contributed by atoms with Gasteiger partial charge in [-0.3, -0.25) is 4.79 Å². The van der Waals surface area contributed by atoms with E-state index in [4.69, 9.17) is 21.4 Å². The number of hydrogen-bond acceptors (Lipinski definition) is 3. The number of ether oxygens (including phenoxy) is 1. The maximum absolute atomic E-state index is 12.3. The molecule has 31 heavy (non-hydrogen) atoms. The van der Waals surface area contributed by atoms with Crippen molar-refractivity contribution in [3.05, 3.63) is 88.2 Å². The van der Waals surface area contributed by atoms with Gasteiger partial charge in [0.25, 0.3) is 5.91 Å². The van der Waals surface area contributed by atoms with Crippen LogP contribution in [0.25, 0.3) is 5.69 Å². The number of benzene rings is 2. The fourth-order valence-corrected chi connectivity index (χ4v) is 4.27. The van der Waals surface area contributed by atoms with Gasteiger partial charge in [0, 0.05) is 28.2 Å². The number of halogens is 1. The second kappa shape index (κ2) is 8.98. The van der Waals surface area contributed by atoms with Gasteiger partial charge in [-0.25, -0.2) is 4.68 Å². The minimum atomic E-state index is -0.127. The number of rotatable bonds is 6. The molecule has 0 radical (unpaired) electrons. The van der Waals surface area contributed by atoms with Gasteiger partial charge >= 0.3 is 0 Å². The Morgan fingerprint density at radius 3 is 2.68 bits per heavy atom. The van der Waals surface area contributed by atoms with Crippen LogP contribution in [0, 0.1) is 20.8 Å². The zero-order chi connectivity index (χ0) is 22.0. The van der Waals surface area contributed by atoms with E-state index in [2.05, 4.69) is 24.4 Å². The molecule has 0 spiro atoms. The van der Waals surface area contributed by atoms with Crippen LogP contribution in [-0.4, -0.2) is 28.3 Å². The minimum Gasteiger partial charge on any atom is -0.484 e. The van der Waals surface area contributed by atoms with E-state index in [-0.39, 0.29) is 24.5 Å². The summed E-state index contributed by atoms with van der Waals surface area (Å²) in [5.41, 5.74) is 5.27. The number of aryl methyl sites for hydroxylation is 2. The molecule has 2 unspecified atom stereocenters. The van der Waals surface area contributed by atoms with Crippen molar-refractivity contribution in [2.75, 3.05) is 6.61 Å². The van der Waals surface area contributed by atoms with Gasteiger partial charge in [0.15, 0.2) is 6.61 Å². The standard InChI is InChI=1S/C25H26ClN3O2/c1-16-9-12-21(14-23(16)26)29-18(3)25(17(2)28-29)19-10-11-20(13-19)27-24(30)15-31-22-7-5-4-6-8-22/h4-12,14,19-20H,13,15H2,1-3H3,(H,27,30). The van der Waals surface area contributed by atoms with Crippen molar-refractivity contribution in [3.63, 3.8) is 0 Å². The van der Waals surface area contributed by atoms with E-state index in [1.54, 1.807) is 0 Å². The lowest BCUT2D eigenvalue weighted by Crippen LogP contribution is -2.36. The Hall–Kier alpha value is -3.05. The van der Waals surface area contributed by atoms with E-state index in [1.165, 1.54) is 5.56 Å². The van der Waals surface area contributed by atoms with Crippen molar-refractivity contribution in [2.24, 2.45) is 0 Å². The van der Waals surface area contributed by atoms with E-state index < -0.39 is 0 Å². The molecule has 1 aliphatic rings. The summed E-state index contributed by atoms with van der Waals surface area (Å²) in [6, 6.07) is 15.3. The molecule has 2 atom stereocenters. The Kier molecular flexibility index (Phi) is 6.14. The van der Waals surface area contributed by atoms with Crippen molar-refractivity contribution in [1.29, 1.82) is 0 Å². The third-order valence-corrected chi connectivity index (χ3v) is 6.07. The smallest absolute Gasteiger partial charge is 0.258 e. The van der Waals surface area contributed by atoms with E-state index >= 15 is 0 Å². The van der Waals surface area contributed by atoms with Gasteiger partial charge in [0.2, 0.25) is 0 Å². The van der Waals surface area contributed by atoms with Crippen molar-refractivity contribution >= 4 is 17.5 Å². The highest BCUT2D eigenvalue weighted by Gasteiger charge is 2.27. The van der Waals surface area contributed by atoms with Crippen molar-refractivity contribution in [3.8, 4) is 11.4 Å². The summed E-state index contributed by atoms with van der Waals surface area (Å²) in [5.74, 6) is 0.764. The first kappa shape index (κ1) is 21.2. The number of nitrogens with one attached hydrogen (secondary N) is 1. The lowest BCUT2D eigenvalue weighted by molar-refractivity contribution is -0.123. The topological polar surface area (TPSA) is 56.2 Å². The second-order valence-electron chi connectivity index (χ2n) is 7.93. The Labute approximate surface area is 187 Å². The Bertz CT molecular complexity index is 1120. The van der Waals surface area contributed by atoms with Crippen LogP contribution >= 0.6 is 11.6 Å². The Morgan fingerprint density at radius 1 is 1.16 bits per heavy atom. The number of aromatic nitrogens is 2. The van der Waals surface area contributed by atoms with Gasteiger partial charge in [0.05, 0.1) is 11.4 Å². The maximum atomic E-state index is 12.3. The lowest BCUT2D eigenvalue weighted by Gasteiger charge is -2.15. The molecular formula is C25H26ClN3O2. The first-order valence-corrected chi connectivity index (χ1v) is 10.8. The highest BCUT2D eigenvalue weighted by atomic mass is 35.5. The summed E-state index contributed by atoms with van der Waals surface area (Å²) in [6.45, 7) is 6.10. The van der Waals surface area contributed by atoms with Gasteiger partial charge in [0.1, 0.15) is 5.75 Å². The number of hydrogen-bond donors (Lipinski definition) is 1. The Morgan fingerprint density at radius 2 is 1.94 bits per heavy atom. The van der Waals surface area contributed by atoms with Crippen LogP contribution in [0.5, 0.6) is 5.75 Å². The van der Waals surface area contributed by atoms with Crippen LogP contribution in [0.3, 0.4) is 0 Å². The predicted octanol–water partition coefficient (Wildman–Crippen LogP) is 5.06. The van der Waals surface area contributed by atoms with Crippen molar-refractivity contribution in [1.82, 2.24) is 15.1 Å². The summed E-state index contributed by atoms with van der Waals surface area (Å²) in [4.78, 5) is 12.3. The molecule has 1 aromatic heterocycles. The van der Waals surface area contributed by atoms with Crippen LogP contribution in [0.4, 0.5) is 0 Å². The highest BCUT2D eigenvalue weighted by Crippen LogP contribution is 2.34. The molecule has 2 aromatic carbocycles. The maximum Gasteiger partial charge on any atom is 0.258 e. The number of para-hydroxylation sites is 1. The van der Waals surface area contributed by atoms with Crippen LogP contribution in [-0.2, 0) is 4.79 Å². The largest absolute Gasteiger partial charge is 0.484 e. The molecule has 0 fully saturated rings. The lowest BCUT2D eigenvalue weighted by atomic mass is 9.96. The van der Waals surface area contributed by atoms with Gasteiger partial charge in [-0.15, -0.1) is 0 Å². The molecule has 0 saturated carbocycles. The molecule has 1 amide bonds. The van der Waals surface area contributed by atoms with Crippen LogP contribution in [0.2, 0.25) is 5.02 Å². The normalized spacial score (nSPS) is 17.7. The zero-order valence-electron chi connectivity index (χ0n) is 17.9. The summed E-state index contributed by atoms with van der Waals surface area (Å²) in [5, 5.41) is 8.54. The third kappa shape index (κ3) is 4.67. The van der Waals surface area contributed by atoms with Crippen molar-refractivity contribution in [2.45, 2.75) is 39.2 Å². The zero-order valence-corrected chi connectivity index (χ0v) is 18.7. The van der Waals surface area contributed by atoms with E-state index in [0.717, 1.165) is 34.1 Å². The van der Waals surface area contributed by atoms with Gasteiger partial charge in [-0.1, -0.05) is 48.0 Å². The van der Waals surface area contributed by atoms with Crippen LogP contribution < -0.4 is 10.1 Å². The fourth-order valence-electron chi connectivity index (χ4n) is 4.09. The molecule has 0 bridgehead atoms. The molecule has 1 N–H and O–H groups in total. The van der Waals surface area contributed by atoms with Crippen LogP contribution in [0.1, 0.15) is 34.9 Å². The first-order chi connectivity index (χ1) is 14.9. The molecule has 1 heterocycles. The first-order valence-electron chi connectivity index (χ1n) is 10.4. The van der Waals surface area contributed by atoms with Gasteiger partial charge in [-0.2, -0.15) is 5.10 Å². The summed E-state index contributed by atoms with van der Waals surface area (Å²) >= 11 is 6.32. The molecule has 1 aliphatic carbocycles. The minimum absolute atomic E-state index is 0.00317. The number of carbonyl (C=O) groups excluding carboxylic acids is 1. The monoisotopic (exact) mass is 435 g/mol. The average Bonchev–Trinajstić information content (AvgIpc) is 3.32. The summed E-state index contributed by atoms with van der Waals surface area (Å²) < 4.78 is 7.49. The van der Waals surface area contributed by atoms with E-state index in [0.29, 0.717) is 5.75 Å². The molecular weight excluding hydrogens is 410 g/mol. The summed E-state index contributed by atoms with van der Waals surface area (Å²) in [6.07, 6.45) is 5.02. The van der Waals surface area contributed by atoms with E-state index in [1.807, 2.05) is 67.1 Å². The van der Waals surface area contributed by atoms with E-state index in [9.17, 15) is 4.79 Å².